The summed E-state index contributed by atoms with van der Waals surface area (Å²) in [7, 11) is 0. The fourth-order valence-electron chi connectivity index (χ4n) is 2.34. The molecule has 1 saturated heterocycles. The standard InChI is InChI=1S/C18H12N2O6S/c1-9(21)26-11-5-6-14-13(7-11)15(22)10(8-25-14)3-2-4-12-16(23)19-18(27)20-17(12)24/h2-8H,1H3,(H2,19,20,23,24,27)/b3-2+. The molecule has 3 rings (SSSR count). The molecule has 0 unspecified atom stereocenters. The molecule has 1 aromatic heterocycles. The second-order valence-corrected chi connectivity index (χ2v) is 5.86. The van der Waals surface area contributed by atoms with Gasteiger partial charge in [0.2, 0.25) is 0 Å². The number of benzene rings is 1. The second kappa shape index (κ2) is 7.34. The highest BCUT2D eigenvalue weighted by Gasteiger charge is 2.24. The summed E-state index contributed by atoms with van der Waals surface area (Å²) in [4.78, 5) is 47.1. The van der Waals surface area contributed by atoms with Gasteiger partial charge in [0.25, 0.3) is 11.8 Å². The first kappa shape index (κ1) is 18.2. The minimum absolute atomic E-state index is 0.0649. The van der Waals surface area contributed by atoms with Gasteiger partial charge in [0, 0.05) is 6.92 Å². The van der Waals surface area contributed by atoms with Gasteiger partial charge in [0.15, 0.2) is 10.5 Å². The van der Waals surface area contributed by atoms with Crippen LogP contribution in [0, 0.1) is 0 Å². The van der Waals surface area contributed by atoms with Gasteiger partial charge in [-0.3, -0.25) is 29.8 Å². The maximum Gasteiger partial charge on any atom is 0.308 e. The highest BCUT2D eigenvalue weighted by molar-refractivity contribution is 7.80. The lowest BCUT2D eigenvalue weighted by Gasteiger charge is -2.15. The smallest absolute Gasteiger partial charge is 0.308 e. The van der Waals surface area contributed by atoms with Crippen molar-refractivity contribution < 1.29 is 23.5 Å². The van der Waals surface area contributed by atoms with Crippen molar-refractivity contribution in [2.75, 3.05) is 0 Å². The van der Waals surface area contributed by atoms with E-state index in [0.717, 1.165) is 0 Å². The third-order valence-electron chi connectivity index (χ3n) is 3.51. The number of fused-ring (bicyclic) bond motifs is 1. The van der Waals surface area contributed by atoms with Gasteiger partial charge in [0.05, 0.1) is 10.9 Å². The predicted octanol–water partition coefficient (Wildman–Crippen LogP) is 1.19. The zero-order chi connectivity index (χ0) is 19.6. The third kappa shape index (κ3) is 3.98. The molecule has 1 aromatic carbocycles. The largest absolute Gasteiger partial charge is 0.463 e. The molecule has 1 aliphatic rings. The average molecular weight is 384 g/mol. The van der Waals surface area contributed by atoms with Crippen molar-refractivity contribution in [1.29, 1.82) is 0 Å². The van der Waals surface area contributed by atoms with Crippen LogP contribution in [-0.4, -0.2) is 22.9 Å². The number of ether oxygens (including phenoxy) is 1. The van der Waals surface area contributed by atoms with Crippen LogP contribution in [0.15, 0.2) is 51.4 Å². The van der Waals surface area contributed by atoms with Gasteiger partial charge in [-0.15, -0.1) is 0 Å². The number of thiocarbonyl (C=S) groups is 1. The molecule has 0 bridgehead atoms. The van der Waals surface area contributed by atoms with Crippen molar-refractivity contribution in [2.45, 2.75) is 6.92 Å². The van der Waals surface area contributed by atoms with Gasteiger partial charge in [-0.05, 0) is 42.6 Å². The lowest BCUT2D eigenvalue weighted by molar-refractivity contribution is -0.132. The summed E-state index contributed by atoms with van der Waals surface area (Å²) in [6.45, 7) is 1.25. The molecule has 2 amide bonds. The molecular formula is C18H12N2O6S. The van der Waals surface area contributed by atoms with Crippen LogP contribution < -0.4 is 20.8 Å². The van der Waals surface area contributed by atoms with E-state index >= 15 is 0 Å². The van der Waals surface area contributed by atoms with Gasteiger partial charge in [-0.1, -0.05) is 6.08 Å². The molecule has 2 N–H and O–H groups in total. The molecule has 0 aliphatic carbocycles. The molecule has 136 valence electrons. The fraction of sp³-hybridized carbons (Fsp3) is 0.0556. The fourth-order valence-corrected chi connectivity index (χ4v) is 2.53. The van der Waals surface area contributed by atoms with E-state index in [1.807, 2.05) is 0 Å². The molecule has 1 aliphatic heterocycles. The summed E-state index contributed by atoms with van der Waals surface area (Å²) in [5.74, 6) is -1.56. The Hall–Kier alpha value is -3.59. The highest BCUT2D eigenvalue weighted by atomic mass is 32.1. The molecule has 1 fully saturated rings. The lowest BCUT2D eigenvalue weighted by Crippen LogP contribution is -2.51. The Kier molecular flexibility index (Phi) is 4.95. The van der Waals surface area contributed by atoms with Crippen LogP contribution in [0.5, 0.6) is 5.75 Å². The minimum atomic E-state index is -0.634. The first-order valence-electron chi connectivity index (χ1n) is 7.64. The number of carbonyl (C=O) groups is 3. The van der Waals surface area contributed by atoms with E-state index in [1.54, 1.807) is 0 Å². The van der Waals surface area contributed by atoms with Crippen LogP contribution in [0.2, 0.25) is 0 Å². The quantitative estimate of drug-likeness (QED) is 0.269. The molecule has 0 spiro atoms. The first-order chi connectivity index (χ1) is 12.8. The minimum Gasteiger partial charge on any atom is -0.463 e. The van der Waals surface area contributed by atoms with Crippen molar-refractivity contribution in [2.24, 2.45) is 0 Å². The Labute approximate surface area is 157 Å². The van der Waals surface area contributed by atoms with E-state index in [-0.39, 0.29) is 32.8 Å². The van der Waals surface area contributed by atoms with E-state index in [4.69, 9.17) is 21.4 Å². The number of rotatable bonds is 3. The topological polar surface area (TPSA) is 115 Å². The Bertz CT molecular complexity index is 1090. The van der Waals surface area contributed by atoms with Gasteiger partial charge in [-0.25, -0.2) is 0 Å². The average Bonchev–Trinajstić information content (AvgIpc) is 2.59. The van der Waals surface area contributed by atoms with Crippen molar-refractivity contribution in [1.82, 2.24) is 10.6 Å². The third-order valence-corrected chi connectivity index (χ3v) is 3.72. The normalized spacial score (nSPS) is 14.3. The molecule has 0 saturated carbocycles. The number of hydrogen-bond donors (Lipinski definition) is 2. The Morgan fingerprint density at radius 2 is 1.89 bits per heavy atom. The summed E-state index contributed by atoms with van der Waals surface area (Å²) < 4.78 is 10.4. The predicted molar refractivity (Wildman–Crippen MR) is 99.8 cm³/mol. The zero-order valence-electron chi connectivity index (χ0n) is 13.9. The van der Waals surface area contributed by atoms with Gasteiger partial charge in [0.1, 0.15) is 23.2 Å². The maximum atomic E-state index is 12.6. The van der Waals surface area contributed by atoms with E-state index in [9.17, 15) is 19.2 Å². The van der Waals surface area contributed by atoms with Gasteiger partial charge < -0.3 is 9.15 Å². The molecule has 8 nitrogen and oxygen atoms in total. The van der Waals surface area contributed by atoms with E-state index in [0.29, 0.717) is 5.58 Å². The van der Waals surface area contributed by atoms with Crippen LogP contribution >= 0.6 is 12.2 Å². The van der Waals surface area contributed by atoms with E-state index in [2.05, 4.69) is 10.6 Å². The molecule has 2 aromatic rings. The summed E-state index contributed by atoms with van der Waals surface area (Å²) in [6, 6.07) is 4.43. The van der Waals surface area contributed by atoms with Crippen molar-refractivity contribution in [3.63, 3.8) is 0 Å². The zero-order valence-corrected chi connectivity index (χ0v) is 14.7. The molecule has 27 heavy (non-hydrogen) atoms. The number of hydrogen-bond acceptors (Lipinski definition) is 7. The summed E-state index contributed by atoms with van der Waals surface area (Å²) in [6.07, 6.45) is 5.27. The first-order valence-corrected chi connectivity index (χ1v) is 8.05. The SMILES string of the molecule is CC(=O)Oc1ccc2occ(/C=C/C=C3C(=O)NC(=S)NC3=O)c(=O)c2c1. The Morgan fingerprint density at radius 3 is 2.56 bits per heavy atom. The molecule has 0 radical (unpaired) electrons. The monoisotopic (exact) mass is 384 g/mol. The van der Waals surface area contributed by atoms with Crippen LogP contribution in [0.3, 0.4) is 0 Å². The van der Waals surface area contributed by atoms with Crippen LogP contribution in [-0.2, 0) is 14.4 Å². The lowest BCUT2D eigenvalue weighted by atomic mass is 10.1. The van der Waals surface area contributed by atoms with Crippen molar-refractivity contribution in [3.8, 4) is 5.75 Å². The summed E-state index contributed by atoms with van der Waals surface area (Å²) in [5, 5.41) is 4.76. The van der Waals surface area contributed by atoms with Crippen LogP contribution in [0.25, 0.3) is 17.0 Å². The molecular weight excluding hydrogens is 372 g/mol. The van der Waals surface area contributed by atoms with E-state index < -0.39 is 17.8 Å². The van der Waals surface area contributed by atoms with Crippen molar-refractivity contribution >= 4 is 52.2 Å². The number of nitrogens with one attached hydrogen (secondary N) is 2. The van der Waals surface area contributed by atoms with Crippen LogP contribution in [0.1, 0.15) is 12.5 Å². The molecule has 9 heteroatoms. The Balaban J connectivity index is 1.92. The van der Waals surface area contributed by atoms with Gasteiger partial charge in [-0.2, -0.15) is 0 Å². The number of carbonyl (C=O) groups excluding carboxylic acids is 3. The van der Waals surface area contributed by atoms with Crippen LogP contribution in [0.4, 0.5) is 0 Å². The van der Waals surface area contributed by atoms with Gasteiger partial charge >= 0.3 is 5.97 Å². The second-order valence-electron chi connectivity index (χ2n) is 5.45. The summed E-state index contributed by atoms with van der Waals surface area (Å²) in [5.41, 5.74) is -0.00164. The van der Waals surface area contributed by atoms with Crippen molar-refractivity contribution in [3.05, 3.63) is 58.0 Å². The van der Waals surface area contributed by atoms with E-state index in [1.165, 1.54) is 49.6 Å². The molecule has 2 heterocycles. The maximum absolute atomic E-state index is 12.6. The highest BCUT2D eigenvalue weighted by Crippen LogP contribution is 2.19. The molecule has 0 atom stereocenters. The Morgan fingerprint density at radius 1 is 1.19 bits per heavy atom. The number of amides is 2. The number of esters is 1. The summed E-state index contributed by atoms with van der Waals surface area (Å²) >= 11 is 4.71. The number of allylic oxidation sites excluding steroid dienone is 2.